The second kappa shape index (κ2) is 15.4. The largest absolute Gasteiger partial charge is 0.356 e. The van der Waals surface area contributed by atoms with Crippen LogP contribution in [0.3, 0.4) is 0 Å². The van der Waals surface area contributed by atoms with Gasteiger partial charge in [0.15, 0.2) is 5.96 Å². The van der Waals surface area contributed by atoms with Gasteiger partial charge < -0.3 is 16.0 Å². The Kier molecular flexibility index (Phi) is 15.2. The number of nitrogens with one attached hydrogen (secondary N) is 3. The number of nitrogens with zero attached hydrogens (tertiary/aromatic N) is 1. The molecule has 23 heavy (non-hydrogen) atoms. The van der Waals surface area contributed by atoms with E-state index in [1.165, 1.54) is 31.4 Å². The quantitative estimate of drug-likeness (QED) is 0.216. The molecule has 0 aromatic heterocycles. The van der Waals surface area contributed by atoms with Crippen LogP contribution in [0.15, 0.2) is 4.99 Å². The Bertz CT molecular complexity index is 336. The summed E-state index contributed by atoms with van der Waals surface area (Å²) in [5.74, 6) is 2.14. The van der Waals surface area contributed by atoms with Crippen molar-refractivity contribution in [3.05, 3.63) is 0 Å². The van der Waals surface area contributed by atoms with E-state index in [0.29, 0.717) is 19.0 Å². The molecule has 7 heteroatoms. The number of hydrogen-bond donors (Lipinski definition) is 3. The van der Waals surface area contributed by atoms with Crippen molar-refractivity contribution in [2.45, 2.75) is 57.4 Å². The average molecular weight is 456 g/mol. The molecule has 0 saturated heterocycles. The molecule has 5 nitrogen and oxygen atoms in total. The fourth-order valence-electron chi connectivity index (χ4n) is 2.64. The van der Waals surface area contributed by atoms with Gasteiger partial charge in [0, 0.05) is 32.6 Å². The van der Waals surface area contributed by atoms with Crippen molar-refractivity contribution >= 4 is 47.6 Å². The van der Waals surface area contributed by atoms with Crippen molar-refractivity contribution in [2.75, 3.05) is 32.1 Å². The molecule has 0 atom stereocenters. The Morgan fingerprint density at radius 1 is 1.13 bits per heavy atom. The second-order valence-corrected chi connectivity index (χ2v) is 6.76. The molecule has 0 aromatic rings. The van der Waals surface area contributed by atoms with E-state index in [9.17, 15) is 4.79 Å². The second-order valence-electron chi connectivity index (χ2n) is 5.78. The van der Waals surface area contributed by atoms with Crippen molar-refractivity contribution in [1.82, 2.24) is 16.0 Å². The van der Waals surface area contributed by atoms with E-state index >= 15 is 0 Å². The lowest BCUT2D eigenvalue weighted by molar-refractivity contribution is -0.121. The molecule has 1 aliphatic carbocycles. The Labute approximate surface area is 162 Å². The van der Waals surface area contributed by atoms with E-state index in [0.717, 1.165) is 31.8 Å². The van der Waals surface area contributed by atoms with Crippen LogP contribution >= 0.6 is 35.7 Å². The van der Waals surface area contributed by atoms with Crippen LogP contribution in [0.4, 0.5) is 0 Å². The third kappa shape index (κ3) is 11.9. The molecule has 0 radical (unpaired) electrons. The summed E-state index contributed by atoms with van der Waals surface area (Å²) in [5.41, 5.74) is 0. The van der Waals surface area contributed by atoms with Gasteiger partial charge in [0.2, 0.25) is 5.91 Å². The fourth-order valence-corrected chi connectivity index (χ4v) is 3.13. The number of rotatable bonds is 9. The lowest BCUT2D eigenvalue weighted by Crippen LogP contribution is -2.41. The number of unbranched alkanes of at least 4 members (excludes halogenated alkanes) is 1. The summed E-state index contributed by atoms with van der Waals surface area (Å²) in [4.78, 5) is 16.1. The number of aliphatic imine (C=N–C) groups is 1. The first kappa shape index (κ1) is 22.8. The third-order valence-electron chi connectivity index (χ3n) is 3.91. The van der Waals surface area contributed by atoms with E-state index in [1.807, 2.05) is 11.8 Å². The van der Waals surface area contributed by atoms with Gasteiger partial charge in [-0.05, 0) is 37.7 Å². The maximum atomic E-state index is 11.9. The fraction of sp³-hybridized carbons (Fsp3) is 0.875. The van der Waals surface area contributed by atoms with Crippen LogP contribution in [0.2, 0.25) is 0 Å². The molecule has 0 aromatic carbocycles. The average Bonchev–Trinajstić information content (AvgIpc) is 2.54. The first-order chi connectivity index (χ1) is 10.8. The van der Waals surface area contributed by atoms with Gasteiger partial charge in [0.05, 0.1) is 0 Å². The van der Waals surface area contributed by atoms with Crippen LogP contribution in [-0.4, -0.2) is 50.1 Å². The van der Waals surface area contributed by atoms with Gasteiger partial charge in [-0.3, -0.25) is 9.79 Å². The van der Waals surface area contributed by atoms with E-state index < -0.39 is 0 Å². The van der Waals surface area contributed by atoms with Gasteiger partial charge in [-0.15, -0.1) is 24.0 Å². The highest BCUT2D eigenvalue weighted by Gasteiger charge is 2.15. The lowest BCUT2D eigenvalue weighted by Gasteiger charge is -2.22. The van der Waals surface area contributed by atoms with Crippen LogP contribution in [0.25, 0.3) is 0 Å². The SMILES string of the molecule is CN=C(NCCCCSC)NCCC(=O)NC1CCCCC1.I. The van der Waals surface area contributed by atoms with Gasteiger partial charge in [0.1, 0.15) is 0 Å². The molecule has 0 heterocycles. The molecule has 0 spiro atoms. The monoisotopic (exact) mass is 456 g/mol. The van der Waals surface area contributed by atoms with Crippen LogP contribution in [0, 0.1) is 0 Å². The summed E-state index contributed by atoms with van der Waals surface area (Å²) in [6.45, 7) is 1.55. The number of halogens is 1. The number of amides is 1. The lowest BCUT2D eigenvalue weighted by atomic mass is 9.95. The summed E-state index contributed by atoms with van der Waals surface area (Å²) in [5, 5.41) is 9.62. The smallest absolute Gasteiger partial charge is 0.221 e. The first-order valence-electron chi connectivity index (χ1n) is 8.49. The highest BCUT2D eigenvalue weighted by molar-refractivity contribution is 14.0. The molecular formula is C16H33IN4OS. The molecule has 1 rings (SSSR count). The normalized spacial score (nSPS) is 15.7. The van der Waals surface area contributed by atoms with Gasteiger partial charge in [-0.2, -0.15) is 11.8 Å². The summed E-state index contributed by atoms with van der Waals surface area (Å²) in [6.07, 6.45) is 11.1. The number of guanidine groups is 1. The molecule has 0 aliphatic heterocycles. The highest BCUT2D eigenvalue weighted by atomic mass is 127. The van der Waals surface area contributed by atoms with Crippen LogP contribution < -0.4 is 16.0 Å². The van der Waals surface area contributed by atoms with E-state index in [-0.39, 0.29) is 29.9 Å². The van der Waals surface area contributed by atoms with Crippen molar-refractivity contribution < 1.29 is 4.79 Å². The van der Waals surface area contributed by atoms with Crippen molar-refractivity contribution in [3.8, 4) is 0 Å². The minimum absolute atomic E-state index is 0. The van der Waals surface area contributed by atoms with Crippen LogP contribution in [0.5, 0.6) is 0 Å². The Morgan fingerprint density at radius 2 is 1.83 bits per heavy atom. The molecule has 1 aliphatic rings. The summed E-state index contributed by atoms with van der Waals surface area (Å²) in [7, 11) is 1.76. The minimum atomic E-state index is 0. The summed E-state index contributed by atoms with van der Waals surface area (Å²) in [6, 6.07) is 0.398. The predicted octanol–water partition coefficient (Wildman–Crippen LogP) is 2.75. The number of thioether (sulfide) groups is 1. The van der Waals surface area contributed by atoms with E-state index in [4.69, 9.17) is 0 Å². The molecule has 3 N–H and O–H groups in total. The number of hydrogen-bond acceptors (Lipinski definition) is 3. The van der Waals surface area contributed by atoms with Crippen LogP contribution in [0.1, 0.15) is 51.4 Å². The molecule has 136 valence electrons. The van der Waals surface area contributed by atoms with Crippen molar-refractivity contribution in [1.29, 1.82) is 0 Å². The zero-order chi connectivity index (χ0) is 16.0. The Hall–Kier alpha value is -0.180. The van der Waals surface area contributed by atoms with Crippen molar-refractivity contribution in [3.63, 3.8) is 0 Å². The zero-order valence-electron chi connectivity index (χ0n) is 14.5. The molecular weight excluding hydrogens is 423 g/mol. The predicted molar refractivity (Wildman–Crippen MR) is 112 cm³/mol. The number of carbonyl (C=O) groups is 1. The van der Waals surface area contributed by atoms with Crippen LogP contribution in [-0.2, 0) is 4.79 Å². The minimum Gasteiger partial charge on any atom is -0.356 e. The van der Waals surface area contributed by atoms with Gasteiger partial charge in [0.25, 0.3) is 0 Å². The maximum absolute atomic E-state index is 11.9. The molecule has 1 amide bonds. The Balaban J connectivity index is 0.00000484. The van der Waals surface area contributed by atoms with Gasteiger partial charge >= 0.3 is 0 Å². The Morgan fingerprint density at radius 3 is 2.48 bits per heavy atom. The summed E-state index contributed by atoms with van der Waals surface area (Å²) < 4.78 is 0. The maximum Gasteiger partial charge on any atom is 0.221 e. The first-order valence-corrected chi connectivity index (χ1v) is 9.88. The van der Waals surface area contributed by atoms with Gasteiger partial charge in [-0.1, -0.05) is 19.3 Å². The third-order valence-corrected chi connectivity index (χ3v) is 4.60. The number of carbonyl (C=O) groups excluding carboxylic acids is 1. The van der Waals surface area contributed by atoms with E-state index in [1.54, 1.807) is 7.05 Å². The van der Waals surface area contributed by atoms with Gasteiger partial charge in [-0.25, -0.2) is 0 Å². The highest BCUT2D eigenvalue weighted by Crippen LogP contribution is 2.17. The molecule has 0 bridgehead atoms. The van der Waals surface area contributed by atoms with Crippen molar-refractivity contribution in [2.24, 2.45) is 4.99 Å². The molecule has 1 fully saturated rings. The zero-order valence-corrected chi connectivity index (χ0v) is 17.7. The van der Waals surface area contributed by atoms with E-state index in [2.05, 4.69) is 27.2 Å². The molecule has 1 saturated carbocycles. The molecule has 0 unspecified atom stereocenters. The standard InChI is InChI=1S/C16H32N4OS.HI/c1-17-16(18-11-6-7-13-22-2)19-12-10-15(21)20-14-8-4-3-5-9-14;/h14H,3-13H2,1-2H3,(H,20,21)(H2,17,18,19);1H. The summed E-state index contributed by atoms with van der Waals surface area (Å²) >= 11 is 1.88. The topological polar surface area (TPSA) is 65.5 Å².